The average molecular weight is 259 g/mol. The highest BCUT2D eigenvalue weighted by Gasteiger charge is 2.34. The van der Waals surface area contributed by atoms with Crippen LogP contribution < -0.4 is 5.32 Å². The molecule has 0 radical (unpaired) electrons. The summed E-state index contributed by atoms with van der Waals surface area (Å²) in [6.07, 6.45) is 4.39. The summed E-state index contributed by atoms with van der Waals surface area (Å²) in [5.74, 6) is 1.09. The standard InChI is InChI=1S/C14H13NO4/c1-2-9-4-3-5-10(8-9)15-13(16)11-6-7-12(19-11)14(17)18/h1,3-5,8,11-12H,6-7H2,(H,15,16)(H,17,18). The molecule has 1 aromatic carbocycles. The van der Waals surface area contributed by atoms with Crippen molar-refractivity contribution in [3.8, 4) is 12.3 Å². The second-order valence-corrected chi connectivity index (χ2v) is 4.24. The number of amides is 1. The largest absolute Gasteiger partial charge is 0.479 e. The minimum Gasteiger partial charge on any atom is -0.479 e. The fourth-order valence-electron chi connectivity index (χ4n) is 1.92. The van der Waals surface area contributed by atoms with Crippen LogP contribution in [0.4, 0.5) is 5.69 Å². The van der Waals surface area contributed by atoms with E-state index in [4.69, 9.17) is 16.3 Å². The highest BCUT2D eigenvalue weighted by molar-refractivity contribution is 5.94. The molecule has 2 atom stereocenters. The van der Waals surface area contributed by atoms with Crippen molar-refractivity contribution in [1.82, 2.24) is 0 Å². The van der Waals surface area contributed by atoms with Crippen LogP contribution in [0, 0.1) is 12.3 Å². The fourth-order valence-corrected chi connectivity index (χ4v) is 1.92. The number of anilines is 1. The second kappa shape index (κ2) is 5.55. The normalized spacial score (nSPS) is 21.6. The fraction of sp³-hybridized carbons (Fsp3) is 0.286. The number of ether oxygens (including phenoxy) is 1. The Morgan fingerprint density at radius 3 is 2.74 bits per heavy atom. The number of benzene rings is 1. The van der Waals surface area contributed by atoms with Gasteiger partial charge in [-0.05, 0) is 31.0 Å². The first-order valence-electron chi connectivity index (χ1n) is 5.86. The Hall–Kier alpha value is -2.32. The van der Waals surface area contributed by atoms with Crippen molar-refractivity contribution in [2.75, 3.05) is 5.32 Å². The lowest BCUT2D eigenvalue weighted by Crippen LogP contribution is -2.29. The maximum atomic E-state index is 11.9. The number of aliphatic carboxylic acids is 1. The van der Waals surface area contributed by atoms with Crippen molar-refractivity contribution in [3.05, 3.63) is 29.8 Å². The summed E-state index contributed by atoms with van der Waals surface area (Å²) < 4.78 is 5.16. The number of hydrogen-bond acceptors (Lipinski definition) is 3. The van der Waals surface area contributed by atoms with Gasteiger partial charge in [-0.3, -0.25) is 4.79 Å². The maximum Gasteiger partial charge on any atom is 0.332 e. The number of carboxylic acid groups (broad SMARTS) is 1. The van der Waals surface area contributed by atoms with E-state index in [1.54, 1.807) is 24.3 Å². The van der Waals surface area contributed by atoms with Gasteiger partial charge in [0.25, 0.3) is 5.91 Å². The Labute approximate surface area is 110 Å². The van der Waals surface area contributed by atoms with Crippen LogP contribution in [0.15, 0.2) is 24.3 Å². The number of carbonyl (C=O) groups is 2. The lowest BCUT2D eigenvalue weighted by molar-refractivity contribution is -0.150. The van der Waals surface area contributed by atoms with Gasteiger partial charge in [0, 0.05) is 11.3 Å². The third-order valence-corrected chi connectivity index (χ3v) is 2.88. The van der Waals surface area contributed by atoms with E-state index >= 15 is 0 Å². The summed E-state index contributed by atoms with van der Waals surface area (Å²) in [5, 5.41) is 11.5. The molecule has 5 nitrogen and oxygen atoms in total. The number of hydrogen-bond donors (Lipinski definition) is 2. The Kier molecular flexibility index (Phi) is 3.83. The molecule has 1 aliphatic rings. The summed E-state index contributed by atoms with van der Waals surface area (Å²) >= 11 is 0. The van der Waals surface area contributed by atoms with Gasteiger partial charge in [0.2, 0.25) is 0 Å². The molecule has 5 heteroatoms. The summed E-state index contributed by atoms with van der Waals surface area (Å²) in [4.78, 5) is 22.6. The van der Waals surface area contributed by atoms with Crippen LogP contribution in [0.5, 0.6) is 0 Å². The molecule has 2 N–H and O–H groups in total. The predicted molar refractivity (Wildman–Crippen MR) is 68.5 cm³/mol. The van der Waals surface area contributed by atoms with Gasteiger partial charge in [0.15, 0.2) is 6.10 Å². The molecule has 1 aliphatic heterocycles. The van der Waals surface area contributed by atoms with E-state index in [9.17, 15) is 9.59 Å². The smallest absolute Gasteiger partial charge is 0.332 e. The van der Waals surface area contributed by atoms with Gasteiger partial charge in [0.05, 0.1) is 0 Å². The molecule has 1 saturated heterocycles. The van der Waals surface area contributed by atoms with Crippen molar-refractivity contribution >= 4 is 17.6 Å². The molecule has 1 heterocycles. The molecule has 0 aliphatic carbocycles. The first kappa shape index (κ1) is 13.1. The van der Waals surface area contributed by atoms with Crippen LogP contribution in [0.3, 0.4) is 0 Å². The van der Waals surface area contributed by atoms with Crippen LogP contribution in [0.1, 0.15) is 18.4 Å². The van der Waals surface area contributed by atoms with Gasteiger partial charge in [-0.2, -0.15) is 0 Å². The first-order valence-corrected chi connectivity index (χ1v) is 5.86. The van der Waals surface area contributed by atoms with Crippen LogP contribution in [-0.4, -0.2) is 29.2 Å². The molecule has 19 heavy (non-hydrogen) atoms. The van der Waals surface area contributed by atoms with E-state index in [-0.39, 0.29) is 5.91 Å². The van der Waals surface area contributed by atoms with Gasteiger partial charge < -0.3 is 15.2 Å². The molecule has 1 aromatic rings. The lowest BCUT2D eigenvalue weighted by Gasteiger charge is -2.11. The Balaban J connectivity index is 1.98. The zero-order chi connectivity index (χ0) is 13.8. The molecule has 2 rings (SSSR count). The third kappa shape index (κ3) is 3.12. The zero-order valence-electron chi connectivity index (χ0n) is 10.1. The molecule has 2 unspecified atom stereocenters. The summed E-state index contributed by atoms with van der Waals surface area (Å²) in [7, 11) is 0. The summed E-state index contributed by atoms with van der Waals surface area (Å²) in [6.45, 7) is 0. The minimum atomic E-state index is -1.04. The average Bonchev–Trinajstić information content (AvgIpc) is 2.89. The SMILES string of the molecule is C#Cc1cccc(NC(=O)C2CCC(C(=O)O)O2)c1. The van der Waals surface area contributed by atoms with Gasteiger partial charge in [-0.15, -0.1) is 6.42 Å². The van der Waals surface area contributed by atoms with E-state index in [1.807, 2.05) is 0 Å². The second-order valence-electron chi connectivity index (χ2n) is 4.24. The topological polar surface area (TPSA) is 75.6 Å². The molecular formula is C14H13NO4. The van der Waals surface area contributed by atoms with Crippen LogP contribution in [0.2, 0.25) is 0 Å². The van der Waals surface area contributed by atoms with E-state index in [0.29, 0.717) is 24.1 Å². The highest BCUT2D eigenvalue weighted by Crippen LogP contribution is 2.21. The minimum absolute atomic E-state index is 0.345. The molecule has 98 valence electrons. The van der Waals surface area contributed by atoms with Crippen molar-refractivity contribution in [3.63, 3.8) is 0 Å². The quantitative estimate of drug-likeness (QED) is 0.801. The number of rotatable bonds is 3. The third-order valence-electron chi connectivity index (χ3n) is 2.88. The van der Waals surface area contributed by atoms with Crippen molar-refractivity contribution < 1.29 is 19.4 Å². The monoisotopic (exact) mass is 259 g/mol. The van der Waals surface area contributed by atoms with Crippen LogP contribution in [0.25, 0.3) is 0 Å². The van der Waals surface area contributed by atoms with Gasteiger partial charge >= 0.3 is 5.97 Å². The Morgan fingerprint density at radius 1 is 1.37 bits per heavy atom. The lowest BCUT2D eigenvalue weighted by atomic mass is 10.1. The van der Waals surface area contributed by atoms with Crippen molar-refractivity contribution in [2.45, 2.75) is 25.0 Å². The van der Waals surface area contributed by atoms with E-state index < -0.39 is 18.2 Å². The van der Waals surface area contributed by atoms with Gasteiger partial charge in [0.1, 0.15) is 6.10 Å². The number of carbonyl (C=O) groups excluding carboxylic acids is 1. The molecular weight excluding hydrogens is 246 g/mol. The molecule has 0 bridgehead atoms. The van der Waals surface area contributed by atoms with Crippen molar-refractivity contribution in [2.24, 2.45) is 0 Å². The maximum absolute atomic E-state index is 11.9. The predicted octanol–water partition coefficient (Wildman–Crippen LogP) is 1.24. The van der Waals surface area contributed by atoms with E-state index in [2.05, 4.69) is 11.2 Å². The molecule has 0 spiro atoms. The molecule has 1 amide bonds. The van der Waals surface area contributed by atoms with Gasteiger partial charge in [-0.1, -0.05) is 12.0 Å². The van der Waals surface area contributed by atoms with E-state index in [1.165, 1.54) is 0 Å². The number of terminal acetylenes is 1. The Bertz CT molecular complexity index is 547. The number of carboxylic acids is 1. The van der Waals surface area contributed by atoms with Crippen molar-refractivity contribution in [1.29, 1.82) is 0 Å². The molecule has 0 saturated carbocycles. The summed E-state index contributed by atoms with van der Waals surface area (Å²) in [5.41, 5.74) is 1.23. The summed E-state index contributed by atoms with van der Waals surface area (Å²) in [6, 6.07) is 6.87. The van der Waals surface area contributed by atoms with Crippen LogP contribution in [-0.2, 0) is 14.3 Å². The number of nitrogens with one attached hydrogen (secondary N) is 1. The Morgan fingerprint density at radius 2 is 2.11 bits per heavy atom. The zero-order valence-corrected chi connectivity index (χ0v) is 10.1. The van der Waals surface area contributed by atoms with E-state index in [0.717, 1.165) is 0 Å². The van der Waals surface area contributed by atoms with Gasteiger partial charge in [-0.25, -0.2) is 4.79 Å². The van der Waals surface area contributed by atoms with Crippen LogP contribution >= 0.6 is 0 Å². The molecule has 0 aromatic heterocycles. The molecule has 1 fully saturated rings. The first-order chi connectivity index (χ1) is 9.10. The highest BCUT2D eigenvalue weighted by atomic mass is 16.5.